The maximum Gasteiger partial charge on any atom is 0.338 e. The summed E-state index contributed by atoms with van der Waals surface area (Å²) in [5, 5.41) is 2.60. The largest absolute Gasteiger partial charge is 0.465 e. The minimum atomic E-state index is -0.619. The van der Waals surface area contributed by atoms with Crippen LogP contribution in [0, 0.1) is 11.6 Å². The zero-order valence-electron chi connectivity index (χ0n) is 9.98. The fourth-order valence-electron chi connectivity index (χ4n) is 1.47. The van der Waals surface area contributed by atoms with Gasteiger partial charge >= 0.3 is 5.97 Å². The van der Waals surface area contributed by atoms with Crippen LogP contribution >= 0.6 is 0 Å². The van der Waals surface area contributed by atoms with E-state index in [1.165, 1.54) is 25.4 Å². The standard InChI is InChI=1S/C13H10F2N2O2/c1-19-13(18)8-4-5-16-12(6-8)17-11-7-9(14)2-3-10(11)15/h2-7H,1H3,(H,16,17). The molecule has 6 heteroatoms. The van der Waals surface area contributed by atoms with E-state index in [4.69, 9.17) is 0 Å². The van der Waals surface area contributed by atoms with E-state index in [0.29, 0.717) is 0 Å². The molecule has 0 atom stereocenters. The third-order valence-corrected chi connectivity index (χ3v) is 2.37. The highest BCUT2D eigenvalue weighted by Crippen LogP contribution is 2.20. The number of methoxy groups -OCH3 is 1. The molecule has 0 fully saturated rings. The average Bonchev–Trinajstić information content (AvgIpc) is 2.42. The van der Waals surface area contributed by atoms with E-state index in [-0.39, 0.29) is 17.1 Å². The summed E-state index contributed by atoms with van der Waals surface area (Å²) in [6, 6.07) is 5.86. The Kier molecular flexibility index (Phi) is 3.70. The van der Waals surface area contributed by atoms with Crippen LogP contribution in [0.4, 0.5) is 20.3 Å². The number of nitrogens with zero attached hydrogens (tertiary/aromatic N) is 1. The lowest BCUT2D eigenvalue weighted by Gasteiger charge is -2.07. The van der Waals surface area contributed by atoms with Crippen LogP contribution in [0.2, 0.25) is 0 Å². The summed E-state index contributed by atoms with van der Waals surface area (Å²) in [6.45, 7) is 0. The molecule has 0 aliphatic rings. The van der Waals surface area contributed by atoms with E-state index < -0.39 is 17.6 Å². The van der Waals surface area contributed by atoms with E-state index in [1.54, 1.807) is 0 Å². The molecule has 2 aromatic rings. The number of pyridine rings is 1. The number of hydrogen-bond acceptors (Lipinski definition) is 4. The van der Waals surface area contributed by atoms with Gasteiger partial charge in [-0.3, -0.25) is 0 Å². The summed E-state index contributed by atoms with van der Waals surface area (Å²) in [7, 11) is 1.25. The van der Waals surface area contributed by atoms with Gasteiger partial charge in [0, 0.05) is 12.3 Å². The van der Waals surface area contributed by atoms with Gasteiger partial charge in [0.1, 0.15) is 17.5 Å². The van der Waals surface area contributed by atoms with Gasteiger partial charge in [0.2, 0.25) is 0 Å². The highest BCUT2D eigenvalue weighted by atomic mass is 19.1. The number of benzene rings is 1. The number of nitrogens with one attached hydrogen (secondary N) is 1. The minimum absolute atomic E-state index is 0.0606. The number of esters is 1. The predicted octanol–water partition coefficient (Wildman–Crippen LogP) is 2.89. The molecular weight excluding hydrogens is 254 g/mol. The zero-order valence-corrected chi connectivity index (χ0v) is 9.98. The van der Waals surface area contributed by atoms with Gasteiger partial charge in [-0.15, -0.1) is 0 Å². The molecule has 98 valence electrons. The fourth-order valence-corrected chi connectivity index (χ4v) is 1.47. The summed E-state index contributed by atoms with van der Waals surface area (Å²) in [6.07, 6.45) is 1.37. The molecule has 0 radical (unpaired) electrons. The van der Waals surface area contributed by atoms with Crippen molar-refractivity contribution in [3.05, 3.63) is 53.7 Å². The molecule has 0 amide bonds. The van der Waals surface area contributed by atoms with E-state index >= 15 is 0 Å². The number of anilines is 2. The average molecular weight is 264 g/mol. The molecule has 4 nitrogen and oxygen atoms in total. The van der Waals surface area contributed by atoms with Crippen LogP contribution in [0.1, 0.15) is 10.4 Å². The first-order chi connectivity index (χ1) is 9.10. The molecule has 0 unspecified atom stereocenters. The van der Waals surface area contributed by atoms with Crippen LogP contribution in [-0.4, -0.2) is 18.1 Å². The van der Waals surface area contributed by atoms with E-state index in [9.17, 15) is 13.6 Å². The molecule has 0 bridgehead atoms. The number of rotatable bonds is 3. The van der Waals surface area contributed by atoms with E-state index in [1.807, 2.05) is 0 Å². The highest BCUT2D eigenvalue weighted by Gasteiger charge is 2.08. The lowest BCUT2D eigenvalue weighted by Crippen LogP contribution is -2.03. The number of halogens is 2. The predicted molar refractivity (Wildman–Crippen MR) is 65.2 cm³/mol. The first-order valence-corrected chi connectivity index (χ1v) is 5.36. The van der Waals surface area contributed by atoms with Crippen molar-refractivity contribution in [2.24, 2.45) is 0 Å². The van der Waals surface area contributed by atoms with Gasteiger partial charge in [-0.1, -0.05) is 0 Å². The quantitative estimate of drug-likeness (QED) is 0.866. The van der Waals surface area contributed by atoms with Crippen molar-refractivity contribution in [1.82, 2.24) is 4.98 Å². The molecule has 1 N–H and O–H groups in total. The van der Waals surface area contributed by atoms with Crippen molar-refractivity contribution in [3.63, 3.8) is 0 Å². The first-order valence-electron chi connectivity index (χ1n) is 5.36. The maximum atomic E-state index is 13.4. The maximum absolute atomic E-state index is 13.4. The lowest BCUT2D eigenvalue weighted by atomic mass is 10.2. The number of aromatic nitrogens is 1. The van der Waals surface area contributed by atoms with Crippen LogP contribution in [0.5, 0.6) is 0 Å². The highest BCUT2D eigenvalue weighted by molar-refractivity contribution is 5.90. The second-order valence-corrected chi connectivity index (χ2v) is 3.67. The van der Waals surface area contributed by atoms with Gasteiger partial charge in [-0.25, -0.2) is 18.6 Å². The minimum Gasteiger partial charge on any atom is -0.465 e. The zero-order chi connectivity index (χ0) is 13.8. The Hall–Kier alpha value is -2.50. The van der Waals surface area contributed by atoms with Crippen molar-refractivity contribution in [1.29, 1.82) is 0 Å². The molecule has 19 heavy (non-hydrogen) atoms. The van der Waals surface area contributed by atoms with Crippen LogP contribution in [-0.2, 0) is 4.74 Å². The molecule has 0 aliphatic carbocycles. The normalized spacial score (nSPS) is 10.1. The van der Waals surface area contributed by atoms with Crippen LogP contribution < -0.4 is 5.32 Å². The Labute approximate surface area is 108 Å². The Balaban J connectivity index is 2.28. The van der Waals surface area contributed by atoms with Crippen molar-refractivity contribution < 1.29 is 18.3 Å². The fraction of sp³-hybridized carbons (Fsp3) is 0.0769. The molecule has 2 rings (SSSR count). The van der Waals surface area contributed by atoms with E-state index in [0.717, 1.165) is 18.2 Å². The molecule has 1 aromatic heterocycles. The third kappa shape index (κ3) is 3.04. The van der Waals surface area contributed by atoms with Gasteiger partial charge in [0.25, 0.3) is 0 Å². The van der Waals surface area contributed by atoms with Crippen LogP contribution in [0.25, 0.3) is 0 Å². The number of hydrogen-bond donors (Lipinski definition) is 1. The monoisotopic (exact) mass is 264 g/mol. The second kappa shape index (κ2) is 5.43. The van der Waals surface area contributed by atoms with Gasteiger partial charge in [-0.05, 0) is 24.3 Å². The molecule has 0 aliphatic heterocycles. The van der Waals surface area contributed by atoms with E-state index in [2.05, 4.69) is 15.0 Å². The smallest absolute Gasteiger partial charge is 0.338 e. The number of ether oxygens (including phenoxy) is 1. The molecular formula is C13H10F2N2O2. The number of carbonyl (C=O) groups excluding carboxylic acids is 1. The second-order valence-electron chi connectivity index (χ2n) is 3.67. The molecule has 1 heterocycles. The summed E-state index contributed by atoms with van der Waals surface area (Å²) in [5.74, 6) is -1.52. The SMILES string of the molecule is COC(=O)c1ccnc(Nc2cc(F)ccc2F)c1. The van der Waals surface area contributed by atoms with Gasteiger partial charge < -0.3 is 10.1 Å². The Morgan fingerprint density at radius 2 is 2.05 bits per heavy atom. The van der Waals surface area contributed by atoms with Crippen molar-refractivity contribution in [2.45, 2.75) is 0 Å². The lowest BCUT2D eigenvalue weighted by molar-refractivity contribution is 0.0600. The molecule has 0 saturated carbocycles. The molecule has 0 saturated heterocycles. The topological polar surface area (TPSA) is 51.2 Å². The van der Waals surface area contributed by atoms with Crippen molar-refractivity contribution >= 4 is 17.5 Å². The first kappa shape index (κ1) is 12.9. The van der Waals surface area contributed by atoms with Gasteiger partial charge in [0.15, 0.2) is 0 Å². The Morgan fingerprint density at radius 3 is 2.79 bits per heavy atom. The van der Waals surface area contributed by atoms with Gasteiger partial charge in [0.05, 0.1) is 18.4 Å². The molecule has 1 aromatic carbocycles. The third-order valence-electron chi connectivity index (χ3n) is 2.37. The summed E-state index contributed by atoms with van der Waals surface area (Å²) in [5.41, 5.74) is 0.200. The Bertz CT molecular complexity index is 617. The number of carbonyl (C=O) groups is 1. The molecule has 0 spiro atoms. The van der Waals surface area contributed by atoms with Crippen molar-refractivity contribution in [3.8, 4) is 0 Å². The van der Waals surface area contributed by atoms with Crippen molar-refractivity contribution in [2.75, 3.05) is 12.4 Å². The van der Waals surface area contributed by atoms with Crippen LogP contribution in [0.3, 0.4) is 0 Å². The summed E-state index contributed by atoms with van der Waals surface area (Å²) >= 11 is 0. The van der Waals surface area contributed by atoms with Crippen LogP contribution in [0.15, 0.2) is 36.5 Å². The Morgan fingerprint density at radius 1 is 1.26 bits per heavy atom. The van der Waals surface area contributed by atoms with Gasteiger partial charge in [-0.2, -0.15) is 0 Å². The summed E-state index contributed by atoms with van der Waals surface area (Å²) in [4.78, 5) is 15.2. The summed E-state index contributed by atoms with van der Waals surface area (Å²) < 4.78 is 31.0.